The monoisotopic (exact) mass is 357 g/mol. The van der Waals surface area contributed by atoms with Gasteiger partial charge in [-0.25, -0.2) is 9.18 Å². The van der Waals surface area contributed by atoms with Gasteiger partial charge in [-0.2, -0.15) is 0 Å². The maximum Gasteiger partial charge on any atom is 0.336 e. The highest BCUT2D eigenvalue weighted by Crippen LogP contribution is 2.32. The molecule has 2 rings (SSSR count). The lowest BCUT2D eigenvalue weighted by atomic mass is 10.1. The molecule has 0 aliphatic rings. The number of carboxylic acid groups (broad SMARTS) is 1. The van der Waals surface area contributed by atoms with Crippen LogP contribution in [0.15, 0.2) is 40.9 Å². The third-order valence-electron chi connectivity index (χ3n) is 2.71. The van der Waals surface area contributed by atoms with E-state index in [1.54, 1.807) is 18.2 Å². The molecule has 0 fully saturated rings. The summed E-state index contributed by atoms with van der Waals surface area (Å²) in [5.74, 6) is -1.44. The zero-order valence-corrected chi connectivity index (χ0v) is 12.5. The Kier molecular flexibility index (Phi) is 4.62. The molecule has 0 amide bonds. The number of hydrogen-bond acceptors (Lipinski definition) is 2. The summed E-state index contributed by atoms with van der Waals surface area (Å²) >= 11 is 9.17. The van der Waals surface area contributed by atoms with Crippen LogP contribution in [0, 0.1) is 5.82 Å². The van der Waals surface area contributed by atoms with E-state index < -0.39 is 11.8 Å². The van der Waals surface area contributed by atoms with E-state index in [-0.39, 0.29) is 17.1 Å². The van der Waals surface area contributed by atoms with E-state index >= 15 is 0 Å². The molecule has 20 heavy (non-hydrogen) atoms. The summed E-state index contributed by atoms with van der Waals surface area (Å²) < 4.78 is 13.6. The first kappa shape index (κ1) is 14.8. The van der Waals surface area contributed by atoms with Gasteiger partial charge in [0, 0.05) is 11.0 Å². The minimum atomic E-state index is -0.994. The second-order valence-electron chi connectivity index (χ2n) is 4.06. The van der Waals surface area contributed by atoms with E-state index in [0.29, 0.717) is 15.7 Å². The van der Waals surface area contributed by atoms with Crippen LogP contribution in [0.3, 0.4) is 0 Å². The van der Waals surface area contributed by atoms with Crippen molar-refractivity contribution in [2.45, 2.75) is 6.54 Å². The average molecular weight is 359 g/mol. The van der Waals surface area contributed by atoms with Gasteiger partial charge in [0.25, 0.3) is 0 Å². The molecular weight excluding hydrogens is 349 g/mol. The van der Waals surface area contributed by atoms with Gasteiger partial charge >= 0.3 is 5.97 Å². The van der Waals surface area contributed by atoms with E-state index in [1.807, 2.05) is 0 Å². The minimum absolute atomic E-state index is 0.217. The molecule has 0 saturated heterocycles. The van der Waals surface area contributed by atoms with Gasteiger partial charge in [0.2, 0.25) is 0 Å². The quantitative estimate of drug-likeness (QED) is 0.843. The molecule has 0 heterocycles. The number of rotatable bonds is 4. The van der Waals surface area contributed by atoms with Crippen LogP contribution in [0.5, 0.6) is 0 Å². The molecule has 0 saturated carbocycles. The lowest BCUT2D eigenvalue weighted by Gasteiger charge is -2.12. The summed E-state index contributed by atoms with van der Waals surface area (Å²) in [6, 6.07) is 9.13. The molecule has 2 aromatic carbocycles. The van der Waals surface area contributed by atoms with E-state index in [4.69, 9.17) is 16.7 Å². The Morgan fingerprint density at radius 2 is 2.05 bits per heavy atom. The summed E-state index contributed by atoms with van der Waals surface area (Å²) in [5, 5.41) is 12.3. The number of halogens is 3. The molecule has 2 aromatic rings. The fourth-order valence-electron chi connectivity index (χ4n) is 1.78. The summed E-state index contributed by atoms with van der Waals surface area (Å²) in [7, 11) is 0. The van der Waals surface area contributed by atoms with Crippen LogP contribution in [0.1, 0.15) is 15.9 Å². The van der Waals surface area contributed by atoms with Gasteiger partial charge in [0.05, 0.1) is 16.3 Å². The Labute approximate surface area is 128 Å². The highest BCUT2D eigenvalue weighted by molar-refractivity contribution is 9.10. The number of carboxylic acids is 1. The van der Waals surface area contributed by atoms with Crippen LogP contribution >= 0.6 is 27.5 Å². The van der Waals surface area contributed by atoms with Crippen molar-refractivity contribution in [2.24, 2.45) is 0 Å². The molecule has 0 spiro atoms. The van der Waals surface area contributed by atoms with Gasteiger partial charge in [0.1, 0.15) is 5.82 Å². The predicted molar refractivity (Wildman–Crippen MR) is 79.8 cm³/mol. The SMILES string of the molecule is O=C(O)c1ccccc1CNc1c(Cl)cc(F)cc1Br. The molecule has 6 heteroatoms. The van der Waals surface area contributed by atoms with Crippen molar-refractivity contribution in [3.63, 3.8) is 0 Å². The number of hydrogen-bond donors (Lipinski definition) is 2. The first-order chi connectivity index (χ1) is 9.49. The Morgan fingerprint density at radius 1 is 1.35 bits per heavy atom. The zero-order chi connectivity index (χ0) is 14.7. The molecule has 0 aromatic heterocycles. The van der Waals surface area contributed by atoms with Crippen molar-refractivity contribution in [3.8, 4) is 0 Å². The van der Waals surface area contributed by atoms with Crippen molar-refractivity contribution < 1.29 is 14.3 Å². The summed E-state index contributed by atoms with van der Waals surface area (Å²) in [6.45, 7) is 0.270. The Bertz CT molecular complexity index is 640. The largest absolute Gasteiger partial charge is 0.478 e. The number of nitrogens with one attached hydrogen (secondary N) is 1. The normalized spacial score (nSPS) is 10.3. The first-order valence-corrected chi connectivity index (χ1v) is 6.85. The summed E-state index contributed by atoms with van der Waals surface area (Å²) in [5.41, 5.74) is 1.36. The van der Waals surface area contributed by atoms with Gasteiger partial charge in [-0.3, -0.25) is 0 Å². The van der Waals surface area contributed by atoms with Crippen LogP contribution in [0.25, 0.3) is 0 Å². The van der Waals surface area contributed by atoms with Gasteiger partial charge in [-0.05, 0) is 39.7 Å². The molecule has 104 valence electrons. The third-order valence-corrected chi connectivity index (χ3v) is 3.63. The summed E-state index contributed by atoms with van der Waals surface area (Å²) in [4.78, 5) is 11.1. The molecule has 0 unspecified atom stereocenters. The highest BCUT2D eigenvalue weighted by atomic mass is 79.9. The topological polar surface area (TPSA) is 49.3 Å². The Morgan fingerprint density at radius 3 is 2.70 bits per heavy atom. The summed E-state index contributed by atoms with van der Waals surface area (Å²) in [6.07, 6.45) is 0. The van der Waals surface area contributed by atoms with E-state index in [1.165, 1.54) is 18.2 Å². The molecule has 0 bridgehead atoms. The second-order valence-corrected chi connectivity index (χ2v) is 5.32. The van der Waals surface area contributed by atoms with Crippen LogP contribution in [-0.4, -0.2) is 11.1 Å². The molecule has 3 nitrogen and oxygen atoms in total. The van der Waals surface area contributed by atoms with Gasteiger partial charge < -0.3 is 10.4 Å². The average Bonchev–Trinajstić information content (AvgIpc) is 2.37. The van der Waals surface area contributed by atoms with Gasteiger partial charge in [-0.1, -0.05) is 29.8 Å². The lowest BCUT2D eigenvalue weighted by Crippen LogP contribution is -2.07. The van der Waals surface area contributed by atoms with Crippen molar-refractivity contribution >= 4 is 39.2 Å². The Hall–Kier alpha value is -1.59. The zero-order valence-electron chi connectivity index (χ0n) is 10.2. The maximum atomic E-state index is 13.1. The van der Waals surface area contributed by atoms with Gasteiger partial charge in [-0.15, -0.1) is 0 Å². The van der Waals surface area contributed by atoms with Crippen molar-refractivity contribution in [1.29, 1.82) is 0 Å². The molecule has 0 radical (unpaired) electrons. The molecule has 0 aliphatic carbocycles. The first-order valence-electron chi connectivity index (χ1n) is 5.68. The molecule has 0 aliphatic heterocycles. The van der Waals surface area contributed by atoms with Crippen LogP contribution < -0.4 is 5.32 Å². The molecular formula is C14H10BrClFNO2. The third kappa shape index (κ3) is 3.29. The number of benzene rings is 2. The van der Waals surface area contributed by atoms with Gasteiger partial charge in [0.15, 0.2) is 0 Å². The number of carbonyl (C=O) groups is 1. The fourth-order valence-corrected chi connectivity index (χ4v) is 2.74. The molecule has 0 atom stereocenters. The van der Waals surface area contributed by atoms with Crippen molar-refractivity contribution in [1.82, 2.24) is 0 Å². The standard InChI is InChI=1S/C14H10BrClFNO2/c15-11-5-9(17)6-12(16)13(11)18-7-8-3-1-2-4-10(8)14(19)20/h1-6,18H,7H2,(H,19,20). The van der Waals surface area contributed by atoms with E-state index in [2.05, 4.69) is 21.2 Å². The fraction of sp³-hybridized carbons (Fsp3) is 0.0714. The maximum absolute atomic E-state index is 13.1. The Balaban J connectivity index is 2.24. The van der Waals surface area contributed by atoms with Crippen LogP contribution in [0.4, 0.5) is 10.1 Å². The smallest absolute Gasteiger partial charge is 0.336 e. The second kappa shape index (κ2) is 6.24. The molecule has 2 N–H and O–H groups in total. The number of aromatic carboxylic acids is 1. The van der Waals surface area contributed by atoms with Crippen LogP contribution in [-0.2, 0) is 6.54 Å². The van der Waals surface area contributed by atoms with E-state index in [0.717, 1.165) is 0 Å². The van der Waals surface area contributed by atoms with Crippen molar-refractivity contribution in [3.05, 3.63) is 62.8 Å². The number of anilines is 1. The van der Waals surface area contributed by atoms with Crippen molar-refractivity contribution in [2.75, 3.05) is 5.32 Å². The van der Waals surface area contributed by atoms with E-state index in [9.17, 15) is 9.18 Å². The van der Waals surface area contributed by atoms with Crippen LogP contribution in [0.2, 0.25) is 5.02 Å². The predicted octanol–water partition coefficient (Wildman–Crippen LogP) is 4.55. The minimum Gasteiger partial charge on any atom is -0.478 e. The highest BCUT2D eigenvalue weighted by Gasteiger charge is 2.11. The lowest BCUT2D eigenvalue weighted by molar-refractivity contribution is 0.0696.